The molecule has 0 fully saturated rings. The number of nitrogens with zero attached hydrogens (tertiary/aromatic N) is 2. The summed E-state index contributed by atoms with van der Waals surface area (Å²) in [7, 11) is 0. The second-order valence-corrected chi connectivity index (χ2v) is 3.98. The Bertz CT molecular complexity index is 616. The van der Waals surface area contributed by atoms with Crippen LogP contribution in [0.25, 0.3) is 0 Å². The molecule has 10 heteroatoms. The molecule has 21 heavy (non-hydrogen) atoms. The van der Waals surface area contributed by atoms with Gasteiger partial charge in [0.05, 0.1) is 11.5 Å². The predicted molar refractivity (Wildman–Crippen MR) is 72.6 cm³/mol. The fourth-order valence-electron chi connectivity index (χ4n) is 1.32. The van der Waals surface area contributed by atoms with Crippen LogP contribution in [0.3, 0.4) is 0 Å². The third-order valence-corrected chi connectivity index (χ3v) is 2.42. The lowest BCUT2D eigenvalue weighted by molar-refractivity contribution is -0.383. The van der Waals surface area contributed by atoms with Crippen LogP contribution in [-0.2, 0) is 14.3 Å². The Morgan fingerprint density at radius 2 is 2.19 bits per heavy atom. The summed E-state index contributed by atoms with van der Waals surface area (Å²) >= 11 is 5.62. The van der Waals surface area contributed by atoms with Gasteiger partial charge in [0.15, 0.2) is 0 Å². The van der Waals surface area contributed by atoms with Gasteiger partial charge in [-0.05, 0) is 19.1 Å². The zero-order valence-electron chi connectivity index (χ0n) is 10.7. The largest absolute Gasteiger partial charge is 0.461 e. The van der Waals surface area contributed by atoms with E-state index in [0.29, 0.717) is 0 Å². The fourth-order valence-corrected chi connectivity index (χ4v) is 1.49. The normalized spacial score (nSPS) is 10.9. The lowest BCUT2D eigenvalue weighted by Crippen LogP contribution is -2.31. The maximum atomic E-state index is 11.8. The van der Waals surface area contributed by atoms with Crippen LogP contribution in [-0.4, -0.2) is 34.3 Å². The molecule has 0 aliphatic rings. The summed E-state index contributed by atoms with van der Waals surface area (Å²) in [5.41, 5.74) is -1.61. The topological polar surface area (TPSA) is 131 Å². The number of carbonyl (C=O) groups is 2. The van der Waals surface area contributed by atoms with E-state index in [-0.39, 0.29) is 17.3 Å². The second kappa shape index (κ2) is 7.20. The second-order valence-electron chi connectivity index (χ2n) is 3.54. The fraction of sp³-hybridized carbons (Fsp3) is 0.182. The summed E-state index contributed by atoms with van der Waals surface area (Å²) in [4.78, 5) is 33.2. The van der Waals surface area contributed by atoms with Gasteiger partial charge in [0.1, 0.15) is 5.69 Å². The van der Waals surface area contributed by atoms with Crippen molar-refractivity contribution in [2.45, 2.75) is 6.92 Å². The number of carbonyl (C=O) groups excluding carboxylic acids is 2. The number of esters is 1. The first-order chi connectivity index (χ1) is 9.90. The van der Waals surface area contributed by atoms with Crippen molar-refractivity contribution in [3.8, 4) is 0 Å². The number of oxime groups is 1. The Hall–Kier alpha value is -2.68. The molecule has 0 atom stereocenters. The molecule has 1 amide bonds. The number of nitrogens with one attached hydrogen (secondary N) is 1. The van der Waals surface area contributed by atoms with Crippen molar-refractivity contribution in [2.24, 2.45) is 5.16 Å². The first-order valence-electron chi connectivity index (χ1n) is 5.55. The molecular weight excluding hydrogens is 306 g/mol. The van der Waals surface area contributed by atoms with Crippen LogP contribution in [0.4, 0.5) is 11.4 Å². The van der Waals surface area contributed by atoms with Crippen LogP contribution in [0.1, 0.15) is 6.92 Å². The standard InChI is InChI=1S/C11H10ClN3O6/c1-2-21-11(17)9(14-18)10(16)13-7-4-3-6(12)5-8(7)15(19)20/h3-5,18H,2H2,1H3,(H,13,16). The predicted octanol–water partition coefficient (Wildman–Crippen LogP) is 1.58. The van der Waals surface area contributed by atoms with Crippen LogP contribution in [0.2, 0.25) is 5.02 Å². The Balaban J connectivity index is 3.03. The number of nitro groups is 1. The highest BCUT2D eigenvalue weighted by molar-refractivity contribution is 6.65. The van der Waals surface area contributed by atoms with Gasteiger partial charge in [0, 0.05) is 11.1 Å². The number of halogens is 1. The number of hydrogen-bond donors (Lipinski definition) is 2. The van der Waals surface area contributed by atoms with Gasteiger partial charge < -0.3 is 15.3 Å². The molecule has 0 heterocycles. The van der Waals surface area contributed by atoms with E-state index in [9.17, 15) is 19.7 Å². The van der Waals surface area contributed by atoms with Gasteiger partial charge in [-0.25, -0.2) is 4.79 Å². The van der Waals surface area contributed by atoms with E-state index in [4.69, 9.17) is 16.8 Å². The van der Waals surface area contributed by atoms with Gasteiger partial charge in [-0.1, -0.05) is 16.8 Å². The van der Waals surface area contributed by atoms with E-state index < -0.39 is 28.2 Å². The Morgan fingerprint density at radius 1 is 1.52 bits per heavy atom. The van der Waals surface area contributed by atoms with Gasteiger partial charge in [0.25, 0.3) is 17.3 Å². The zero-order chi connectivity index (χ0) is 16.0. The molecule has 1 aromatic carbocycles. The summed E-state index contributed by atoms with van der Waals surface area (Å²) in [6.45, 7) is 1.46. The number of rotatable bonds is 5. The summed E-state index contributed by atoms with van der Waals surface area (Å²) < 4.78 is 4.51. The summed E-state index contributed by atoms with van der Waals surface area (Å²) in [6.07, 6.45) is 0. The van der Waals surface area contributed by atoms with Crippen molar-refractivity contribution in [3.63, 3.8) is 0 Å². The number of ether oxygens (including phenoxy) is 1. The lowest BCUT2D eigenvalue weighted by atomic mass is 10.2. The third kappa shape index (κ3) is 4.14. The highest BCUT2D eigenvalue weighted by atomic mass is 35.5. The summed E-state index contributed by atoms with van der Waals surface area (Å²) in [5, 5.41) is 24.2. The number of nitro benzene ring substituents is 1. The van der Waals surface area contributed by atoms with Gasteiger partial charge in [0.2, 0.25) is 0 Å². The molecule has 0 saturated carbocycles. The van der Waals surface area contributed by atoms with E-state index in [0.717, 1.165) is 6.07 Å². The van der Waals surface area contributed by atoms with Gasteiger partial charge >= 0.3 is 5.97 Å². The van der Waals surface area contributed by atoms with Gasteiger partial charge in [-0.3, -0.25) is 14.9 Å². The molecule has 1 aromatic rings. The maximum Gasteiger partial charge on any atom is 0.366 e. The molecule has 0 aromatic heterocycles. The third-order valence-electron chi connectivity index (χ3n) is 2.19. The average molecular weight is 316 g/mol. The number of anilines is 1. The van der Waals surface area contributed by atoms with E-state index >= 15 is 0 Å². The minimum absolute atomic E-state index is 0.0355. The van der Waals surface area contributed by atoms with Crippen molar-refractivity contribution < 1.29 is 24.5 Å². The van der Waals surface area contributed by atoms with Crippen molar-refractivity contribution >= 4 is 40.6 Å². The quantitative estimate of drug-likeness (QED) is 0.212. The molecule has 0 radical (unpaired) electrons. The molecular formula is C11H10ClN3O6. The van der Waals surface area contributed by atoms with Gasteiger partial charge in [-0.15, -0.1) is 0 Å². The van der Waals surface area contributed by atoms with Crippen molar-refractivity contribution in [2.75, 3.05) is 11.9 Å². The zero-order valence-corrected chi connectivity index (χ0v) is 11.5. The van der Waals surface area contributed by atoms with E-state index in [1.807, 2.05) is 0 Å². The van der Waals surface area contributed by atoms with Crippen molar-refractivity contribution in [3.05, 3.63) is 33.3 Å². The highest BCUT2D eigenvalue weighted by Crippen LogP contribution is 2.27. The van der Waals surface area contributed by atoms with Crippen LogP contribution in [0.5, 0.6) is 0 Å². The van der Waals surface area contributed by atoms with E-state index in [2.05, 4.69) is 15.2 Å². The van der Waals surface area contributed by atoms with Crippen LogP contribution in [0, 0.1) is 10.1 Å². The van der Waals surface area contributed by atoms with Crippen LogP contribution < -0.4 is 5.32 Å². The number of benzene rings is 1. The Morgan fingerprint density at radius 3 is 2.71 bits per heavy atom. The molecule has 2 N–H and O–H groups in total. The van der Waals surface area contributed by atoms with E-state index in [1.165, 1.54) is 19.1 Å². The first-order valence-corrected chi connectivity index (χ1v) is 5.93. The molecule has 0 aliphatic carbocycles. The molecule has 0 spiro atoms. The molecule has 112 valence electrons. The Labute approximate surface area is 123 Å². The van der Waals surface area contributed by atoms with Crippen LogP contribution >= 0.6 is 11.6 Å². The van der Waals surface area contributed by atoms with Gasteiger partial charge in [-0.2, -0.15) is 0 Å². The van der Waals surface area contributed by atoms with Crippen molar-refractivity contribution in [1.29, 1.82) is 0 Å². The maximum absolute atomic E-state index is 11.8. The lowest BCUT2D eigenvalue weighted by Gasteiger charge is -2.07. The molecule has 0 unspecified atom stereocenters. The highest BCUT2D eigenvalue weighted by Gasteiger charge is 2.25. The Kier molecular flexibility index (Phi) is 5.61. The molecule has 0 bridgehead atoms. The molecule has 9 nitrogen and oxygen atoms in total. The minimum Gasteiger partial charge on any atom is -0.461 e. The minimum atomic E-state index is -1.16. The smallest absolute Gasteiger partial charge is 0.366 e. The monoisotopic (exact) mass is 315 g/mol. The summed E-state index contributed by atoms with van der Waals surface area (Å²) in [6, 6.07) is 3.51. The van der Waals surface area contributed by atoms with Crippen molar-refractivity contribution in [1.82, 2.24) is 0 Å². The average Bonchev–Trinajstić information content (AvgIpc) is 2.41. The molecule has 0 saturated heterocycles. The molecule has 1 rings (SSSR count). The first kappa shape index (κ1) is 16.4. The number of hydrogen-bond acceptors (Lipinski definition) is 7. The molecule has 0 aliphatic heterocycles. The van der Waals surface area contributed by atoms with E-state index in [1.54, 1.807) is 0 Å². The number of amides is 1. The summed E-state index contributed by atoms with van der Waals surface area (Å²) in [5.74, 6) is -2.31. The van der Waals surface area contributed by atoms with Crippen LogP contribution in [0.15, 0.2) is 23.4 Å². The SMILES string of the molecule is CCOC(=O)C(=NO)C(=O)Nc1ccc(Cl)cc1[N+](=O)[O-].